The van der Waals surface area contributed by atoms with Crippen LogP contribution in [0.5, 0.6) is 5.75 Å². The second-order valence-electron chi connectivity index (χ2n) is 4.34. The molecule has 2 rings (SSSR count). The van der Waals surface area contributed by atoms with Crippen LogP contribution in [0, 0.1) is 10.1 Å². The highest BCUT2D eigenvalue weighted by Gasteiger charge is 2.23. The van der Waals surface area contributed by atoms with Gasteiger partial charge in [-0.05, 0) is 23.8 Å². The minimum atomic E-state index is -0.606. The van der Waals surface area contributed by atoms with Crippen LogP contribution in [0.25, 0.3) is 0 Å². The van der Waals surface area contributed by atoms with Crippen LogP contribution in [0.4, 0.5) is 5.69 Å². The normalized spacial score (nSPS) is 10.2. The first-order chi connectivity index (χ1) is 10.0. The standard InChI is InChI=1S/C15H12ClNO4/c1-21-11-5-2-4-10(8-11)9-14(18)15-12(16)6-3-7-13(15)17(19)20/h2-8H,9H2,1H3. The smallest absolute Gasteiger partial charge is 0.281 e. The number of rotatable bonds is 5. The summed E-state index contributed by atoms with van der Waals surface area (Å²) in [5, 5.41) is 11.1. The first-order valence-electron chi connectivity index (χ1n) is 6.12. The van der Waals surface area contributed by atoms with Gasteiger partial charge in [0, 0.05) is 12.5 Å². The molecule has 6 heteroatoms. The number of carbonyl (C=O) groups is 1. The second-order valence-corrected chi connectivity index (χ2v) is 4.75. The first kappa shape index (κ1) is 15.0. The zero-order valence-corrected chi connectivity index (χ0v) is 12.0. The van der Waals surface area contributed by atoms with E-state index in [0.29, 0.717) is 11.3 Å². The van der Waals surface area contributed by atoms with Crippen LogP contribution in [-0.2, 0) is 6.42 Å². The summed E-state index contributed by atoms with van der Waals surface area (Å²) in [6.45, 7) is 0. The van der Waals surface area contributed by atoms with Crippen LogP contribution in [0.15, 0.2) is 42.5 Å². The molecule has 0 unspecified atom stereocenters. The lowest BCUT2D eigenvalue weighted by atomic mass is 10.0. The summed E-state index contributed by atoms with van der Waals surface area (Å²) in [6.07, 6.45) is 0.0156. The molecule has 0 fully saturated rings. The fraction of sp³-hybridized carbons (Fsp3) is 0.133. The van der Waals surface area contributed by atoms with Gasteiger partial charge < -0.3 is 4.74 Å². The summed E-state index contributed by atoms with van der Waals surface area (Å²) >= 11 is 5.94. The van der Waals surface area contributed by atoms with Crippen molar-refractivity contribution >= 4 is 23.1 Å². The summed E-state index contributed by atoms with van der Waals surface area (Å²) in [5.41, 5.74) is 0.357. The van der Waals surface area contributed by atoms with Crippen molar-refractivity contribution in [3.05, 3.63) is 68.7 Å². The molecule has 0 N–H and O–H groups in total. The fourth-order valence-electron chi connectivity index (χ4n) is 2.00. The average Bonchev–Trinajstić information content (AvgIpc) is 2.46. The van der Waals surface area contributed by atoms with Gasteiger partial charge in [0.15, 0.2) is 5.78 Å². The highest BCUT2D eigenvalue weighted by Crippen LogP contribution is 2.28. The molecule has 108 valence electrons. The zero-order chi connectivity index (χ0) is 15.4. The van der Waals surface area contributed by atoms with Crippen LogP contribution in [0.1, 0.15) is 15.9 Å². The van der Waals surface area contributed by atoms with E-state index in [1.165, 1.54) is 25.3 Å². The zero-order valence-electron chi connectivity index (χ0n) is 11.2. The quantitative estimate of drug-likeness (QED) is 0.480. The molecule has 0 amide bonds. The summed E-state index contributed by atoms with van der Waals surface area (Å²) in [6, 6.07) is 11.2. The van der Waals surface area contributed by atoms with Crippen molar-refractivity contribution in [3.63, 3.8) is 0 Å². The van der Waals surface area contributed by atoms with E-state index in [1.807, 2.05) is 0 Å². The average molecular weight is 306 g/mol. The fourth-order valence-corrected chi connectivity index (χ4v) is 2.27. The Morgan fingerprint density at radius 1 is 1.29 bits per heavy atom. The lowest BCUT2D eigenvalue weighted by Crippen LogP contribution is -2.08. The molecule has 0 saturated carbocycles. The Kier molecular flexibility index (Phi) is 4.55. The van der Waals surface area contributed by atoms with E-state index in [9.17, 15) is 14.9 Å². The molecule has 21 heavy (non-hydrogen) atoms. The van der Waals surface area contributed by atoms with Gasteiger partial charge in [0.1, 0.15) is 11.3 Å². The van der Waals surface area contributed by atoms with E-state index in [0.717, 1.165) is 0 Å². The number of ether oxygens (including phenoxy) is 1. The van der Waals surface area contributed by atoms with Gasteiger partial charge in [-0.15, -0.1) is 0 Å². The van der Waals surface area contributed by atoms with E-state index in [1.54, 1.807) is 24.3 Å². The maximum Gasteiger partial charge on any atom is 0.281 e. The maximum absolute atomic E-state index is 12.3. The Hall–Kier alpha value is -2.40. The highest BCUT2D eigenvalue weighted by atomic mass is 35.5. The summed E-state index contributed by atoms with van der Waals surface area (Å²) in [7, 11) is 1.53. The number of ketones is 1. The Labute approximate surface area is 126 Å². The van der Waals surface area contributed by atoms with Gasteiger partial charge in [-0.25, -0.2) is 0 Å². The Morgan fingerprint density at radius 3 is 2.67 bits per heavy atom. The maximum atomic E-state index is 12.3. The van der Waals surface area contributed by atoms with Gasteiger partial charge in [-0.1, -0.05) is 29.8 Å². The van der Waals surface area contributed by atoms with Crippen molar-refractivity contribution < 1.29 is 14.5 Å². The minimum Gasteiger partial charge on any atom is -0.497 e. The van der Waals surface area contributed by atoms with Crippen molar-refractivity contribution in [2.75, 3.05) is 7.11 Å². The van der Waals surface area contributed by atoms with Crippen LogP contribution in [-0.4, -0.2) is 17.8 Å². The van der Waals surface area contributed by atoms with Crippen molar-refractivity contribution in [1.29, 1.82) is 0 Å². The van der Waals surface area contributed by atoms with E-state index in [2.05, 4.69) is 0 Å². The molecule has 0 radical (unpaired) electrons. The van der Waals surface area contributed by atoms with Crippen molar-refractivity contribution in [1.82, 2.24) is 0 Å². The van der Waals surface area contributed by atoms with Crippen LogP contribution < -0.4 is 4.74 Å². The van der Waals surface area contributed by atoms with Gasteiger partial charge in [-0.2, -0.15) is 0 Å². The van der Waals surface area contributed by atoms with Crippen LogP contribution >= 0.6 is 11.6 Å². The van der Waals surface area contributed by atoms with Gasteiger partial charge in [0.25, 0.3) is 5.69 Å². The molecule has 0 aliphatic rings. The summed E-state index contributed by atoms with van der Waals surface area (Å²) < 4.78 is 5.08. The molecular formula is C15H12ClNO4. The number of nitro groups is 1. The number of methoxy groups -OCH3 is 1. The second kappa shape index (κ2) is 6.37. The molecule has 5 nitrogen and oxygen atoms in total. The monoisotopic (exact) mass is 305 g/mol. The lowest BCUT2D eigenvalue weighted by molar-refractivity contribution is -0.385. The topological polar surface area (TPSA) is 69.4 Å². The lowest BCUT2D eigenvalue weighted by Gasteiger charge is -2.06. The number of nitrogens with zero attached hydrogens (tertiary/aromatic N) is 1. The Balaban J connectivity index is 2.34. The molecule has 0 heterocycles. The van der Waals surface area contributed by atoms with Gasteiger partial charge in [0.05, 0.1) is 17.1 Å². The number of carbonyl (C=O) groups excluding carboxylic acids is 1. The van der Waals surface area contributed by atoms with Crippen molar-refractivity contribution in [2.24, 2.45) is 0 Å². The third-order valence-corrected chi connectivity index (χ3v) is 3.28. The summed E-state index contributed by atoms with van der Waals surface area (Å²) in [4.78, 5) is 22.7. The number of benzene rings is 2. The molecule has 0 saturated heterocycles. The van der Waals surface area contributed by atoms with Gasteiger partial charge >= 0.3 is 0 Å². The molecule has 2 aromatic rings. The predicted molar refractivity (Wildman–Crippen MR) is 79.1 cm³/mol. The molecule has 0 atom stereocenters. The SMILES string of the molecule is COc1cccc(CC(=O)c2c(Cl)cccc2[N+](=O)[O-])c1. The van der Waals surface area contributed by atoms with Gasteiger partial charge in [-0.3, -0.25) is 14.9 Å². The molecular weight excluding hydrogens is 294 g/mol. The highest BCUT2D eigenvalue weighted by molar-refractivity contribution is 6.34. The number of hydrogen-bond acceptors (Lipinski definition) is 4. The van der Waals surface area contributed by atoms with Crippen molar-refractivity contribution in [2.45, 2.75) is 6.42 Å². The Bertz CT molecular complexity index is 700. The predicted octanol–water partition coefficient (Wildman–Crippen LogP) is 3.68. The molecule has 2 aromatic carbocycles. The number of halogens is 1. The third kappa shape index (κ3) is 3.38. The minimum absolute atomic E-state index is 0.0156. The largest absolute Gasteiger partial charge is 0.497 e. The van der Waals surface area contributed by atoms with E-state index in [-0.39, 0.29) is 22.7 Å². The van der Waals surface area contributed by atoms with Crippen LogP contribution in [0.3, 0.4) is 0 Å². The molecule has 0 aliphatic heterocycles. The Morgan fingerprint density at radius 2 is 2.00 bits per heavy atom. The molecule has 0 aromatic heterocycles. The van der Waals surface area contributed by atoms with E-state index in [4.69, 9.17) is 16.3 Å². The number of nitro benzene ring substituents is 1. The third-order valence-electron chi connectivity index (χ3n) is 2.97. The first-order valence-corrected chi connectivity index (χ1v) is 6.49. The number of hydrogen-bond donors (Lipinski definition) is 0. The van der Waals surface area contributed by atoms with Crippen LogP contribution in [0.2, 0.25) is 5.02 Å². The number of Topliss-reactive ketones (excluding diaryl/α,β-unsaturated/α-hetero) is 1. The van der Waals surface area contributed by atoms with Crippen molar-refractivity contribution in [3.8, 4) is 5.75 Å². The van der Waals surface area contributed by atoms with E-state index < -0.39 is 10.7 Å². The molecule has 0 spiro atoms. The summed E-state index contributed by atoms with van der Waals surface area (Å²) in [5.74, 6) is 0.217. The molecule has 0 aliphatic carbocycles. The van der Waals surface area contributed by atoms with Gasteiger partial charge in [0.2, 0.25) is 0 Å². The van der Waals surface area contributed by atoms with E-state index >= 15 is 0 Å². The molecule has 0 bridgehead atoms.